The van der Waals surface area contributed by atoms with E-state index in [0.717, 1.165) is 10.2 Å². The minimum atomic E-state index is -0.219. The molecule has 1 aliphatic rings. The molecule has 1 fully saturated rings. The molecule has 0 spiro atoms. The first-order valence-corrected chi connectivity index (χ1v) is 6.86. The lowest BCUT2D eigenvalue weighted by Crippen LogP contribution is -2.27. The maximum atomic E-state index is 11.9. The number of halogens is 1. The van der Waals surface area contributed by atoms with Crippen LogP contribution in [0.4, 0.5) is 5.69 Å². The van der Waals surface area contributed by atoms with Crippen molar-refractivity contribution in [2.45, 2.75) is 6.42 Å². The molecular formula is C14H15BrN2O2. The Bertz CT molecular complexity index is 516. The van der Waals surface area contributed by atoms with E-state index in [9.17, 15) is 9.59 Å². The normalized spacial score (nSPS) is 20.5. The van der Waals surface area contributed by atoms with Gasteiger partial charge in [-0.05, 0) is 24.6 Å². The molecule has 2 N–H and O–H groups in total. The molecule has 0 aliphatic heterocycles. The van der Waals surface area contributed by atoms with Crippen molar-refractivity contribution >= 4 is 33.4 Å². The van der Waals surface area contributed by atoms with E-state index in [0.29, 0.717) is 13.0 Å². The van der Waals surface area contributed by atoms with E-state index >= 15 is 0 Å². The summed E-state index contributed by atoms with van der Waals surface area (Å²) in [5.74, 6) is -0.595. The Balaban J connectivity index is 1.86. The molecule has 0 heterocycles. The molecular weight excluding hydrogens is 308 g/mol. The van der Waals surface area contributed by atoms with Gasteiger partial charge in [-0.25, -0.2) is 0 Å². The highest BCUT2D eigenvalue weighted by atomic mass is 79.9. The quantitative estimate of drug-likeness (QED) is 0.817. The summed E-state index contributed by atoms with van der Waals surface area (Å²) in [6.45, 7) is 3.97. The molecule has 5 heteroatoms. The second kappa shape index (κ2) is 6.02. The van der Waals surface area contributed by atoms with E-state index in [-0.39, 0.29) is 23.7 Å². The molecule has 1 saturated carbocycles. The third-order valence-electron chi connectivity index (χ3n) is 2.98. The van der Waals surface area contributed by atoms with Gasteiger partial charge in [-0.1, -0.05) is 28.1 Å². The molecule has 1 aliphatic carbocycles. The second-order valence-corrected chi connectivity index (χ2v) is 5.40. The van der Waals surface area contributed by atoms with E-state index in [1.807, 2.05) is 24.3 Å². The fourth-order valence-electron chi connectivity index (χ4n) is 1.88. The van der Waals surface area contributed by atoms with E-state index < -0.39 is 0 Å². The van der Waals surface area contributed by atoms with Crippen molar-refractivity contribution in [3.8, 4) is 0 Å². The minimum Gasteiger partial charge on any atom is -0.352 e. The van der Waals surface area contributed by atoms with Gasteiger partial charge >= 0.3 is 0 Å². The number of amides is 2. The lowest BCUT2D eigenvalue weighted by molar-refractivity contribution is -0.125. The average molecular weight is 323 g/mol. The molecule has 19 heavy (non-hydrogen) atoms. The summed E-state index contributed by atoms with van der Waals surface area (Å²) in [4.78, 5) is 23.6. The fourth-order valence-corrected chi connectivity index (χ4v) is 2.28. The predicted octanol–water partition coefficient (Wildman–Crippen LogP) is 2.33. The smallest absolute Gasteiger partial charge is 0.228 e. The van der Waals surface area contributed by atoms with Crippen molar-refractivity contribution in [3.63, 3.8) is 0 Å². The number of anilines is 1. The number of benzene rings is 1. The van der Waals surface area contributed by atoms with Crippen LogP contribution in [0, 0.1) is 11.8 Å². The van der Waals surface area contributed by atoms with Crippen LogP contribution in [0.25, 0.3) is 0 Å². The van der Waals surface area contributed by atoms with Gasteiger partial charge in [-0.15, -0.1) is 6.58 Å². The predicted molar refractivity (Wildman–Crippen MR) is 77.6 cm³/mol. The zero-order valence-electron chi connectivity index (χ0n) is 10.4. The average Bonchev–Trinajstić information content (AvgIpc) is 3.16. The first-order valence-electron chi connectivity index (χ1n) is 6.07. The summed E-state index contributed by atoms with van der Waals surface area (Å²) >= 11 is 3.34. The van der Waals surface area contributed by atoms with Gasteiger partial charge in [0.1, 0.15) is 0 Å². The molecule has 2 amide bonds. The molecule has 2 atom stereocenters. The first kappa shape index (κ1) is 13.8. The van der Waals surface area contributed by atoms with Crippen LogP contribution in [0.1, 0.15) is 6.42 Å². The lowest BCUT2D eigenvalue weighted by Gasteiger charge is -2.05. The zero-order chi connectivity index (χ0) is 13.8. The van der Waals surface area contributed by atoms with E-state index in [4.69, 9.17) is 0 Å². The number of carbonyl (C=O) groups excluding carboxylic acids is 2. The molecule has 1 aromatic carbocycles. The number of rotatable bonds is 5. The Morgan fingerprint density at radius 2 is 2.11 bits per heavy atom. The summed E-state index contributed by atoms with van der Waals surface area (Å²) in [6, 6.07) is 7.38. The highest BCUT2D eigenvalue weighted by Crippen LogP contribution is 2.39. The highest BCUT2D eigenvalue weighted by molar-refractivity contribution is 9.10. The molecule has 0 bridgehead atoms. The summed E-state index contributed by atoms with van der Waals surface area (Å²) in [6.07, 6.45) is 2.24. The molecule has 4 nitrogen and oxygen atoms in total. The maximum Gasteiger partial charge on any atom is 0.228 e. The SMILES string of the molecule is C=CCNC(=O)C1CC1C(=O)Nc1cccc(Br)c1. The van der Waals surface area contributed by atoms with Crippen molar-refractivity contribution < 1.29 is 9.59 Å². The molecule has 0 saturated heterocycles. The Morgan fingerprint density at radius 1 is 1.37 bits per heavy atom. The highest BCUT2D eigenvalue weighted by Gasteiger charge is 2.47. The van der Waals surface area contributed by atoms with Crippen molar-refractivity contribution in [1.29, 1.82) is 0 Å². The first-order chi connectivity index (χ1) is 9.11. The summed E-state index contributed by atoms with van der Waals surface area (Å²) in [5, 5.41) is 5.52. The van der Waals surface area contributed by atoms with Gasteiger partial charge < -0.3 is 10.6 Å². The Kier molecular flexibility index (Phi) is 4.37. The number of nitrogens with one attached hydrogen (secondary N) is 2. The van der Waals surface area contributed by atoms with E-state index in [1.54, 1.807) is 6.08 Å². The lowest BCUT2D eigenvalue weighted by atomic mass is 10.2. The van der Waals surface area contributed by atoms with Crippen LogP contribution in [-0.4, -0.2) is 18.4 Å². The number of hydrogen-bond acceptors (Lipinski definition) is 2. The van der Waals surface area contributed by atoms with Gasteiger partial charge in [0, 0.05) is 16.7 Å². The van der Waals surface area contributed by atoms with Crippen LogP contribution in [-0.2, 0) is 9.59 Å². The Hall–Kier alpha value is -1.62. The van der Waals surface area contributed by atoms with Crippen LogP contribution in [0.5, 0.6) is 0 Å². The molecule has 0 aromatic heterocycles. The molecule has 2 rings (SSSR count). The molecule has 100 valence electrons. The van der Waals surface area contributed by atoms with Crippen LogP contribution < -0.4 is 10.6 Å². The third-order valence-corrected chi connectivity index (χ3v) is 3.47. The van der Waals surface area contributed by atoms with Crippen molar-refractivity contribution in [3.05, 3.63) is 41.4 Å². The van der Waals surface area contributed by atoms with Crippen LogP contribution >= 0.6 is 15.9 Å². The molecule has 2 unspecified atom stereocenters. The van der Waals surface area contributed by atoms with Crippen LogP contribution in [0.2, 0.25) is 0 Å². The van der Waals surface area contributed by atoms with Crippen LogP contribution in [0.15, 0.2) is 41.4 Å². The van der Waals surface area contributed by atoms with Gasteiger partial charge in [0.05, 0.1) is 11.8 Å². The summed E-state index contributed by atoms with van der Waals surface area (Å²) in [7, 11) is 0. The molecule has 1 aromatic rings. The maximum absolute atomic E-state index is 11.9. The Morgan fingerprint density at radius 3 is 2.79 bits per heavy atom. The number of carbonyl (C=O) groups is 2. The summed E-state index contributed by atoms with van der Waals surface area (Å²) in [5.41, 5.74) is 0.733. The standard InChI is InChI=1S/C14H15BrN2O2/c1-2-6-16-13(18)11-8-12(11)14(19)17-10-5-3-4-9(15)7-10/h2-5,7,11-12H,1,6,8H2,(H,16,18)(H,17,19). The summed E-state index contributed by atoms with van der Waals surface area (Å²) < 4.78 is 0.904. The van der Waals surface area contributed by atoms with Gasteiger partial charge in [0.15, 0.2) is 0 Å². The monoisotopic (exact) mass is 322 g/mol. The van der Waals surface area contributed by atoms with Crippen LogP contribution in [0.3, 0.4) is 0 Å². The fraction of sp³-hybridized carbons (Fsp3) is 0.286. The van der Waals surface area contributed by atoms with Gasteiger partial charge in [-0.3, -0.25) is 9.59 Å². The second-order valence-electron chi connectivity index (χ2n) is 4.48. The van der Waals surface area contributed by atoms with E-state index in [1.165, 1.54) is 0 Å². The van der Waals surface area contributed by atoms with Gasteiger partial charge in [0.25, 0.3) is 0 Å². The van der Waals surface area contributed by atoms with Crippen molar-refractivity contribution in [1.82, 2.24) is 5.32 Å². The van der Waals surface area contributed by atoms with Gasteiger partial charge in [0.2, 0.25) is 11.8 Å². The van der Waals surface area contributed by atoms with Crippen molar-refractivity contribution in [2.75, 3.05) is 11.9 Å². The Labute approximate surface area is 120 Å². The third kappa shape index (κ3) is 3.67. The van der Waals surface area contributed by atoms with Crippen molar-refractivity contribution in [2.24, 2.45) is 11.8 Å². The minimum absolute atomic E-state index is 0.0747. The molecule has 0 radical (unpaired) electrons. The largest absolute Gasteiger partial charge is 0.352 e. The van der Waals surface area contributed by atoms with E-state index in [2.05, 4.69) is 33.1 Å². The topological polar surface area (TPSA) is 58.2 Å². The number of hydrogen-bond donors (Lipinski definition) is 2. The zero-order valence-corrected chi connectivity index (χ0v) is 11.9. The van der Waals surface area contributed by atoms with Gasteiger partial charge in [-0.2, -0.15) is 0 Å².